The molecular weight excluding hydrogens is 324 g/mol. The van der Waals surface area contributed by atoms with Crippen LogP contribution in [0.5, 0.6) is 0 Å². The molecule has 1 aliphatic rings. The van der Waals surface area contributed by atoms with Gasteiger partial charge < -0.3 is 5.11 Å². The first kappa shape index (κ1) is 18.7. The molecule has 4 nitrogen and oxygen atoms in total. The van der Waals surface area contributed by atoms with Crippen LogP contribution in [0.25, 0.3) is 11.1 Å². The van der Waals surface area contributed by atoms with Gasteiger partial charge in [-0.05, 0) is 57.1 Å². The molecule has 140 valence electrons. The first-order chi connectivity index (χ1) is 12.3. The van der Waals surface area contributed by atoms with Gasteiger partial charge in [-0.3, -0.25) is 4.68 Å². The van der Waals surface area contributed by atoms with Crippen LogP contribution >= 0.6 is 0 Å². The zero-order valence-corrected chi connectivity index (χ0v) is 16.4. The average molecular weight is 354 g/mol. The number of aromatic carboxylic acids is 1. The maximum Gasteiger partial charge on any atom is 0.357 e. The number of rotatable bonds is 4. The van der Waals surface area contributed by atoms with Crippen molar-refractivity contribution in [2.45, 2.75) is 77.7 Å². The molecule has 2 aromatic rings. The van der Waals surface area contributed by atoms with Gasteiger partial charge in [0.1, 0.15) is 0 Å². The SMILES string of the molecule is CCc1c(-c2ccccc2C2CCCCC2)c(C(=O)O)nn1C(C)(C)C. The third-order valence-electron chi connectivity index (χ3n) is 5.43. The molecule has 0 bridgehead atoms. The van der Waals surface area contributed by atoms with Gasteiger partial charge in [0.2, 0.25) is 0 Å². The highest BCUT2D eigenvalue weighted by molar-refractivity contribution is 5.95. The molecule has 1 aromatic carbocycles. The quantitative estimate of drug-likeness (QED) is 0.776. The van der Waals surface area contributed by atoms with Crippen LogP contribution in [0.15, 0.2) is 24.3 Å². The Balaban J connectivity index is 2.24. The van der Waals surface area contributed by atoms with E-state index in [2.05, 4.69) is 51.0 Å². The molecule has 26 heavy (non-hydrogen) atoms. The molecule has 1 N–H and O–H groups in total. The van der Waals surface area contributed by atoms with Crippen LogP contribution < -0.4 is 0 Å². The number of nitrogens with zero attached hydrogens (tertiary/aromatic N) is 2. The first-order valence-corrected chi connectivity index (χ1v) is 9.79. The van der Waals surface area contributed by atoms with Crippen molar-refractivity contribution >= 4 is 5.97 Å². The van der Waals surface area contributed by atoms with E-state index in [1.807, 2.05) is 10.7 Å². The van der Waals surface area contributed by atoms with E-state index in [-0.39, 0.29) is 11.2 Å². The largest absolute Gasteiger partial charge is 0.476 e. The standard InChI is InChI=1S/C22H30N2O2/c1-5-18-19(20(21(25)26)23-24(18)22(2,3)4)17-14-10-9-13-16(17)15-11-7-6-8-12-15/h9-10,13-15H,5-8,11-12H2,1-4H3,(H,25,26). The maximum absolute atomic E-state index is 12.0. The lowest BCUT2D eigenvalue weighted by Crippen LogP contribution is -2.25. The smallest absolute Gasteiger partial charge is 0.357 e. The predicted molar refractivity (Wildman–Crippen MR) is 105 cm³/mol. The molecule has 1 saturated carbocycles. The summed E-state index contributed by atoms with van der Waals surface area (Å²) in [5, 5.41) is 14.4. The summed E-state index contributed by atoms with van der Waals surface area (Å²) in [5.41, 5.74) is 4.10. The summed E-state index contributed by atoms with van der Waals surface area (Å²) in [4.78, 5) is 12.0. The molecule has 1 fully saturated rings. The average Bonchev–Trinajstić information content (AvgIpc) is 3.02. The summed E-state index contributed by atoms with van der Waals surface area (Å²) in [6.45, 7) is 8.29. The normalized spacial score (nSPS) is 16.0. The highest BCUT2D eigenvalue weighted by Gasteiger charge is 2.30. The number of hydrogen-bond acceptors (Lipinski definition) is 2. The molecule has 1 aliphatic carbocycles. The Hall–Kier alpha value is -2.10. The van der Waals surface area contributed by atoms with Gasteiger partial charge in [-0.1, -0.05) is 50.5 Å². The van der Waals surface area contributed by atoms with Gasteiger partial charge in [0.05, 0.1) is 5.54 Å². The second-order valence-corrected chi connectivity index (χ2v) is 8.33. The van der Waals surface area contributed by atoms with Crippen LogP contribution in [0.2, 0.25) is 0 Å². The Bertz CT molecular complexity index is 793. The lowest BCUT2D eigenvalue weighted by atomic mass is 9.80. The van der Waals surface area contributed by atoms with Crippen molar-refractivity contribution in [3.63, 3.8) is 0 Å². The number of benzene rings is 1. The van der Waals surface area contributed by atoms with Gasteiger partial charge in [-0.15, -0.1) is 0 Å². The van der Waals surface area contributed by atoms with E-state index < -0.39 is 5.97 Å². The van der Waals surface area contributed by atoms with E-state index in [1.54, 1.807) is 0 Å². The zero-order valence-electron chi connectivity index (χ0n) is 16.4. The highest BCUT2D eigenvalue weighted by Crippen LogP contribution is 2.41. The number of aromatic nitrogens is 2. The monoisotopic (exact) mass is 354 g/mol. The lowest BCUT2D eigenvalue weighted by molar-refractivity contribution is 0.0689. The van der Waals surface area contributed by atoms with E-state index >= 15 is 0 Å². The zero-order chi connectivity index (χ0) is 18.9. The van der Waals surface area contributed by atoms with Crippen LogP contribution in [-0.4, -0.2) is 20.9 Å². The summed E-state index contributed by atoms with van der Waals surface area (Å²) >= 11 is 0. The number of carboxylic acids is 1. The molecule has 0 unspecified atom stereocenters. The Kier molecular flexibility index (Phi) is 5.22. The molecule has 1 heterocycles. The summed E-state index contributed by atoms with van der Waals surface area (Å²) in [6, 6.07) is 8.36. The lowest BCUT2D eigenvalue weighted by Gasteiger charge is -2.25. The minimum absolute atomic E-state index is 0.181. The summed E-state index contributed by atoms with van der Waals surface area (Å²) in [5.74, 6) is -0.430. The van der Waals surface area contributed by atoms with Gasteiger partial charge in [0.25, 0.3) is 0 Å². The summed E-state index contributed by atoms with van der Waals surface area (Å²) < 4.78 is 1.91. The van der Waals surface area contributed by atoms with E-state index in [9.17, 15) is 9.90 Å². The van der Waals surface area contributed by atoms with E-state index in [1.165, 1.54) is 37.7 Å². The molecular formula is C22H30N2O2. The minimum atomic E-state index is -0.948. The fourth-order valence-corrected chi connectivity index (χ4v) is 4.26. The number of carboxylic acid groups (broad SMARTS) is 1. The van der Waals surface area contributed by atoms with E-state index in [0.29, 0.717) is 5.92 Å². The molecule has 4 heteroatoms. The Morgan fingerprint density at radius 3 is 2.42 bits per heavy atom. The topological polar surface area (TPSA) is 55.1 Å². The summed E-state index contributed by atoms with van der Waals surface area (Å²) in [7, 11) is 0. The first-order valence-electron chi connectivity index (χ1n) is 9.79. The fourth-order valence-electron chi connectivity index (χ4n) is 4.26. The summed E-state index contributed by atoms with van der Waals surface area (Å²) in [6.07, 6.45) is 6.95. The van der Waals surface area contributed by atoms with Crippen LogP contribution in [-0.2, 0) is 12.0 Å². The second kappa shape index (κ2) is 7.26. The van der Waals surface area contributed by atoms with Crippen LogP contribution in [0.1, 0.15) is 87.5 Å². The molecule has 0 spiro atoms. The van der Waals surface area contributed by atoms with Crippen LogP contribution in [0.3, 0.4) is 0 Å². The maximum atomic E-state index is 12.0. The molecule has 0 atom stereocenters. The van der Waals surface area contributed by atoms with Crippen molar-refractivity contribution in [3.05, 3.63) is 41.2 Å². The second-order valence-electron chi connectivity index (χ2n) is 8.33. The van der Waals surface area contributed by atoms with Crippen molar-refractivity contribution in [2.24, 2.45) is 0 Å². The van der Waals surface area contributed by atoms with Crippen molar-refractivity contribution in [2.75, 3.05) is 0 Å². The van der Waals surface area contributed by atoms with Gasteiger partial charge in [-0.2, -0.15) is 5.10 Å². The van der Waals surface area contributed by atoms with Gasteiger partial charge in [0.15, 0.2) is 5.69 Å². The van der Waals surface area contributed by atoms with Gasteiger partial charge in [-0.25, -0.2) is 4.79 Å². The highest BCUT2D eigenvalue weighted by atomic mass is 16.4. The third kappa shape index (κ3) is 3.42. The van der Waals surface area contributed by atoms with Crippen LogP contribution in [0.4, 0.5) is 0 Å². The number of carbonyl (C=O) groups is 1. The molecule has 0 aliphatic heterocycles. The van der Waals surface area contributed by atoms with Gasteiger partial charge >= 0.3 is 5.97 Å². The Labute approximate surface area is 156 Å². The Morgan fingerprint density at radius 2 is 1.85 bits per heavy atom. The van der Waals surface area contributed by atoms with Crippen molar-refractivity contribution in [1.82, 2.24) is 9.78 Å². The van der Waals surface area contributed by atoms with Gasteiger partial charge in [0, 0.05) is 11.3 Å². The molecule has 3 rings (SSSR count). The third-order valence-corrected chi connectivity index (χ3v) is 5.43. The van der Waals surface area contributed by atoms with E-state index in [4.69, 9.17) is 0 Å². The van der Waals surface area contributed by atoms with Crippen molar-refractivity contribution in [1.29, 1.82) is 0 Å². The van der Waals surface area contributed by atoms with Crippen LogP contribution in [0, 0.1) is 0 Å². The minimum Gasteiger partial charge on any atom is -0.476 e. The number of hydrogen-bond donors (Lipinski definition) is 1. The van der Waals surface area contributed by atoms with Crippen molar-refractivity contribution < 1.29 is 9.90 Å². The molecule has 0 radical (unpaired) electrons. The van der Waals surface area contributed by atoms with Crippen molar-refractivity contribution in [3.8, 4) is 11.1 Å². The Morgan fingerprint density at radius 1 is 1.19 bits per heavy atom. The molecule has 0 saturated heterocycles. The molecule has 1 aromatic heterocycles. The van der Waals surface area contributed by atoms with E-state index in [0.717, 1.165) is 23.2 Å². The molecule has 0 amide bonds. The predicted octanol–water partition coefficient (Wildman–Crippen LogP) is 5.61. The fraction of sp³-hybridized carbons (Fsp3) is 0.545.